The molecule has 0 bridgehead atoms. The van der Waals surface area contributed by atoms with Crippen molar-refractivity contribution >= 4 is 40.3 Å². The Hall–Kier alpha value is -3.88. The van der Waals surface area contributed by atoms with Crippen molar-refractivity contribution in [2.45, 2.75) is 0 Å². The number of nitrogen functional groups attached to an aromatic ring is 1. The predicted octanol–water partition coefficient (Wildman–Crippen LogP) is 1.47. The van der Waals surface area contributed by atoms with Crippen LogP contribution < -0.4 is 20.9 Å². The number of likely N-dealkylation sites (N-methyl/N-ethyl adjacent to an activating group) is 1. The molecule has 1 aliphatic rings. The number of carbonyl (C=O) groups excluding carboxylic acids is 1. The molecule has 1 atom stereocenters. The molecule has 1 amide bonds. The predicted molar refractivity (Wildman–Crippen MR) is 152 cm³/mol. The Balaban J connectivity index is 1.13. The molecule has 3 N–H and O–H groups in total. The van der Waals surface area contributed by atoms with Gasteiger partial charge in [0.2, 0.25) is 11.9 Å². The van der Waals surface area contributed by atoms with E-state index in [-0.39, 0.29) is 24.0 Å². The van der Waals surface area contributed by atoms with Crippen molar-refractivity contribution < 1.29 is 18.2 Å². The lowest BCUT2D eigenvalue weighted by Crippen LogP contribution is -2.48. The molecule has 1 aliphatic heterocycles. The van der Waals surface area contributed by atoms with Crippen LogP contribution in [0.15, 0.2) is 47.1 Å². The Morgan fingerprint density at radius 2 is 2.02 bits per heavy atom. The third-order valence-electron chi connectivity index (χ3n) is 6.80. The quantitative estimate of drug-likeness (QED) is 0.270. The van der Waals surface area contributed by atoms with E-state index >= 15 is 0 Å². The average molecular weight is 570 g/mol. The van der Waals surface area contributed by atoms with Gasteiger partial charge >= 0.3 is 0 Å². The summed E-state index contributed by atoms with van der Waals surface area (Å²) < 4.78 is 33.0. The topological polar surface area (TPSA) is 144 Å². The van der Waals surface area contributed by atoms with E-state index in [1.54, 1.807) is 36.8 Å². The normalized spacial score (nSPS) is 14.9. The van der Waals surface area contributed by atoms with Crippen LogP contribution in [0.2, 0.25) is 0 Å². The van der Waals surface area contributed by atoms with E-state index in [0.717, 1.165) is 19.6 Å². The summed E-state index contributed by atoms with van der Waals surface area (Å²) >= 11 is -0.997. The first-order valence-corrected chi connectivity index (χ1v) is 14.6. The van der Waals surface area contributed by atoms with E-state index < -0.39 is 17.0 Å². The number of rotatable bonds is 10. The molecule has 4 heterocycles. The minimum atomic E-state index is -0.997. The zero-order valence-electron chi connectivity index (χ0n) is 22.4. The lowest BCUT2D eigenvalue weighted by atomic mass is 10.1. The van der Waals surface area contributed by atoms with Crippen molar-refractivity contribution in [2.24, 2.45) is 0 Å². The monoisotopic (exact) mass is 569 g/mol. The number of carbonyl (C=O) groups is 1. The first-order chi connectivity index (χ1) is 19.3. The van der Waals surface area contributed by atoms with Crippen LogP contribution in [0, 0.1) is 5.82 Å². The van der Waals surface area contributed by atoms with Crippen LogP contribution >= 0.6 is 0 Å². The number of fused-ring (bicyclic) bond motifs is 1. The van der Waals surface area contributed by atoms with Gasteiger partial charge in [0.15, 0.2) is 11.4 Å². The molecule has 1 unspecified atom stereocenters. The molecule has 212 valence electrons. The summed E-state index contributed by atoms with van der Waals surface area (Å²) in [6.45, 7) is 4.59. The number of piperazine rings is 1. The molecule has 0 radical (unpaired) electrons. The molecule has 14 heteroatoms. The second-order valence-corrected chi connectivity index (χ2v) is 11.2. The Morgan fingerprint density at radius 1 is 1.23 bits per heavy atom. The second-order valence-electron chi connectivity index (χ2n) is 9.61. The standard InChI is InChI=1S/C26H32FN9O3S/c1-33(26-30-23-17-20(22-4-3-14-39-22)32-36(23)25(28)31-26)8-9-34-10-12-35(13-11-34)21-6-5-18(16-19(21)27)24(37)29-7-15-40(2)38/h3-6,14,16-17H,7-13,15H2,1-2H3,(H,29,37)(H2,28,30,31). The lowest BCUT2D eigenvalue weighted by molar-refractivity contribution is 0.0955. The number of amides is 1. The van der Waals surface area contributed by atoms with Gasteiger partial charge in [0, 0.05) is 57.9 Å². The highest BCUT2D eigenvalue weighted by Crippen LogP contribution is 2.23. The third-order valence-corrected chi connectivity index (χ3v) is 7.58. The van der Waals surface area contributed by atoms with Crippen molar-refractivity contribution in [2.75, 3.05) is 80.4 Å². The molecule has 5 rings (SSSR count). The second kappa shape index (κ2) is 12.1. The van der Waals surface area contributed by atoms with Crippen LogP contribution in [-0.4, -0.2) is 99.8 Å². The molecule has 12 nitrogen and oxygen atoms in total. The molecule has 1 aromatic carbocycles. The zero-order chi connectivity index (χ0) is 28.2. The van der Waals surface area contributed by atoms with E-state index in [4.69, 9.17) is 10.2 Å². The molecule has 0 spiro atoms. The van der Waals surface area contributed by atoms with Crippen LogP contribution in [0.1, 0.15) is 10.4 Å². The molecular weight excluding hydrogens is 537 g/mol. The fraction of sp³-hybridized carbons (Fsp3) is 0.385. The summed E-state index contributed by atoms with van der Waals surface area (Å²) in [5, 5.41) is 7.10. The van der Waals surface area contributed by atoms with Crippen molar-refractivity contribution in [3.8, 4) is 11.5 Å². The van der Waals surface area contributed by atoms with Crippen LogP contribution in [0.4, 0.5) is 22.0 Å². The van der Waals surface area contributed by atoms with Crippen molar-refractivity contribution in [1.82, 2.24) is 29.8 Å². The Morgan fingerprint density at radius 3 is 2.73 bits per heavy atom. The van der Waals surface area contributed by atoms with Gasteiger partial charge < -0.3 is 29.8 Å². The summed E-state index contributed by atoms with van der Waals surface area (Å²) in [5.41, 5.74) is 8.09. The first kappa shape index (κ1) is 27.7. The summed E-state index contributed by atoms with van der Waals surface area (Å²) in [7, 11) is 1.92. The summed E-state index contributed by atoms with van der Waals surface area (Å²) in [5.74, 6) is 0.925. The van der Waals surface area contributed by atoms with Gasteiger partial charge in [-0.15, -0.1) is 0 Å². The van der Waals surface area contributed by atoms with Gasteiger partial charge in [-0.25, -0.2) is 4.39 Å². The molecule has 1 saturated heterocycles. The smallest absolute Gasteiger partial charge is 0.251 e. The van der Waals surface area contributed by atoms with Crippen LogP contribution in [0.3, 0.4) is 0 Å². The van der Waals surface area contributed by atoms with Gasteiger partial charge in [-0.3, -0.25) is 9.69 Å². The number of halogens is 1. The molecule has 0 saturated carbocycles. The molecule has 3 aromatic heterocycles. The largest absolute Gasteiger partial charge is 0.617 e. The zero-order valence-corrected chi connectivity index (χ0v) is 23.2. The highest BCUT2D eigenvalue weighted by molar-refractivity contribution is 7.90. The number of nitrogens with one attached hydrogen (secondary N) is 1. The number of hydrogen-bond acceptors (Lipinski definition) is 10. The number of furan rings is 1. The number of hydrogen-bond donors (Lipinski definition) is 2. The van der Waals surface area contributed by atoms with Gasteiger partial charge in [-0.05, 0) is 30.3 Å². The maximum atomic E-state index is 14.9. The Bertz CT molecular complexity index is 1460. The van der Waals surface area contributed by atoms with Crippen molar-refractivity contribution in [3.05, 3.63) is 54.0 Å². The van der Waals surface area contributed by atoms with Gasteiger partial charge in [-0.1, -0.05) is 11.2 Å². The van der Waals surface area contributed by atoms with E-state index in [1.165, 1.54) is 10.6 Å². The first-order valence-electron chi connectivity index (χ1n) is 12.9. The van der Waals surface area contributed by atoms with Gasteiger partial charge in [0.25, 0.3) is 5.91 Å². The minimum absolute atomic E-state index is 0.237. The van der Waals surface area contributed by atoms with E-state index in [1.807, 2.05) is 22.9 Å². The lowest BCUT2D eigenvalue weighted by Gasteiger charge is -2.36. The van der Waals surface area contributed by atoms with Gasteiger partial charge in [0.05, 0.1) is 24.8 Å². The van der Waals surface area contributed by atoms with E-state index in [9.17, 15) is 13.7 Å². The van der Waals surface area contributed by atoms with Crippen LogP contribution in [0.25, 0.3) is 17.1 Å². The minimum Gasteiger partial charge on any atom is -0.617 e. The Kier molecular flexibility index (Phi) is 8.38. The fourth-order valence-corrected chi connectivity index (χ4v) is 4.92. The SMILES string of the molecule is CN(CCN1CCN(c2ccc(C(=O)NCC[S+](C)[O-])cc2F)CC1)c1nc(N)n2nc(-c3ccco3)cc2n1. The maximum Gasteiger partial charge on any atom is 0.251 e. The molecule has 0 aliphatic carbocycles. The van der Waals surface area contributed by atoms with E-state index in [2.05, 4.69) is 25.3 Å². The summed E-state index contributed by atoms with van der Waals surface area (Å²) in [4.78, 5) is 27.5. The van der Waals surface area contributed by atoms with Crippen LogP contribution in [0.5, 0.6) is 0 Å². The molecule has 1 fully saturated rings. The average Bonchev–Trinajstić information content (AvgIpc) is 3.62. The molecule has 40 heavy (non-hydrogen) atoms. The number of aromatic nitrogens is 4. The Labute approximate surface area is 234 Å². The highest BCUT2D eigenvalue weighted by atomic mass is 32.2. The molecular formula is C26H32FN9O3S. The number of nitrogens with two attached hydrogens (primary N) is 1. The van der Waals surface area contributed by atoms with Gasteiger partial charge in [0.1, 0.15) is 17.3 Å². The van der Waals surface area contributed by atoms with Gasteiger partial charge in [-0.2, -0.15) is 19.6 Å². The third kappa shape index (κ3) is 6.29. The summed E-state index contributed by atoms with van der Waals surface area (Å²) in [6, 6.07) is 9.95. The maximum absolute atomic E-state index is 14.9. The number of anilines is 3. The summed E-state index contributed by atoms with van der Waals surface area (Å²) in [6.07, 6.45) is 3.16. The van der Waals surface area contributed by atoms with E-state index in [0.29, 0.717) is 54.1 Å². The highest BCUT2D eigenvalue weighted by Gasteiger charge is 2.21. The molecule has 4 aromatic rings. The van der Waals surface area contributed by atoms with Crippen molar-refractivity contribution in [1.29, 1.82) is 0 Å². The fourth-order valence-electron chi connectivity index (χ4n) is 4.53. The number of benzene rings is 1. The van der Waals surface area contributed by atoms with Crippen LogP contribution in [-0.2, 0) is 11.2 Å². The number of nitrogens with zero attached hydrogens (tertiary/aromatic N) is 7. The van der Waals surface area contributed by atoms with Crippen molar-refractivity contribution in [3.63, 3.8) is 0 Å².